The first-order valence-electron chi connectivity index (χ1n) is 4.59. The fourth-order valence-corrected chi connectivity index (χ4v) is 2.18. The Morgan fingerprint density at radius 1 is 1.43 bits per heavy atom. The van der Waals surface area contributed by atoms with E-state index in [9.17, 15) is 0 Å². The van der Waals surface area contributed by atoms with Gasteiger partial charge in [0, 0.05) is 17.0 Å². The van der Waals surface area contributed by atoms with Crippen LogP contribution in [0.5, 0.6) is 0 Å². The lowest BCUT2D eigenvalue weighted by Crippen LogP contribution is -2.26. The van der Waals surface area contributed by atoms with Crippen molar-refractivity contribution in [2.45, 2.75) is 12.3 Å². The zero-order valence-corrected chi connectivity index (χ0v) is 8.81. The maximum atomic E-state index is 6.14. The molecule has 3 heteroatoms. The molecule has 0 aliphatic carbocycles. The van der Waals surface area contributed by atoms with Gasteiger partial charge in [0.05, 0.1) is 5.82 Å². The predicted octanol–water partition coefficient (Wildman–Crippen LogP) is 2.00. The van der Waals surface area contributed by atoms with Crippen LogP contribution in [0.25, 0.3) is 0 Å². The minimum atomic E-state index is -0.0809. The van der Waals surface area contributed by atoms with E-state index in [0.29, 0.717) is 0 Å². The third-order valence-corrected chi connectivity index (χ3v) is 2.95. The second-order valence-corrected chi connectivity index (χ2v) is 4.26. The van der Waals surface area contributed by atoms with Crippen LogP contribution in [-0.2, 0) is 5.41 Å². The van der Waals surface area contributed by atoms with Crippen molar-refractivity contribution in [1.29, 1.82) is 0 Å². The molecule has 2 nitrogen and oxygen atoms in total. The maximum Gasteiger partial charge on any atom is 0.0928 e. The van der Waals surface area contributed by atoms with E-state index in [1.165, 1.54) is 0 Å². The zero-order chi connectivity index (χ0) is 10.2. The highest BCUT2D eigenvalue weighted by Crippen LogP contribution is 2.33. The molecule has 0 saturated heterocycles. The predicted molar refractivity (Wildman–Crippen MR) is 59.1 cm³/mol. The van der Waals surface area contributed by atoms with Gasteiger partial charge >= 0.3 is 0 Å². The summed E-state index contributed by atoms with van der Waals surface area (Å²) in [7, 11) is 0. The van der Waals surface area contributed by atoms with E-state index in [1.54, 1.807) is 0 Å². The number of hydrogen-bond acceptors (Lipinski definition) is 2. The summed E-state index contributed by atoms with van der Waals surface area (Å²) in [6, 6.07) is 7.88. The lowest BCUT2D eigenvalue weighted by Gasteiger charge is -2.22. The van der Waals surface area contributed by atoms with Crippen LogP contribution in [0.3, 0.4) is 0 Å². The Hall–Kier alpha value is -1.15. The van der Waals surface area contributed by atoms with Crippen molar-refractivity contribution in [3.05, 3.63) is 46.7 Å². The first kappa shape index (κ1) is 9.41. The molecule has 1 aliphatic rings. The van der Waals surface area contributed by atoms with Crippen LogP contribution < -0.4 is 11.1 Å². The molecule has 2 rings (SSSR count). The first-order chi connectivity index (χ1) is 6.62. The Morgan fingerprint density at radius 3 is 2.71 bits per heavy atom. The molecule has 1 aromatic carbocycles. The van der Waals surface area contributed by atoms with Crippen molar-refractivity contribution in [3.63, 3.8) is 0 Å². The highest BCUT2D eigenvalue weighted by atomic mass is 35.5. The molecule has 1 heterocycles. The third kappa shape index (κ3) is 1.46. The molecule has 1 atom stereocenters. The molecule has 0 aromatic heterocycles. The highest BCUT2D eigenvalue weighted by molar-refractivity contribution is 6.31. The molecule has 74 valence electrons. The van der Waals surface area contributed by atoms with E-state index in [0.717, 1.165) is 23.0 Å². The normalized spacial score (nSPS) is 25.7. The van der Waals surface area contributed by atoms with Crippen molar-refractivity contribution in [3.8, 4) is 0 Å². The molecule has 0 radical (unpaired) electrons. The van der Waals surface area contributed by atoms with Gasteiger partial charge in [-0.25, -0.2) is 0 Å². The Labute approximate surface area is 88.8 Å². The topological polar surface area (TPSA) is 38.0 Å². The summed E-state index contributed by atoms with van der Waals surface area (Å²) < 4.78 is 0. The van der Waals surface area contributed by atoms with E-state index in [4.69, 9.17) is 17.3 Å². The minimum Gasteiger partial charge on any atom is -0.386 e. The number of rotatable bonds is 1. The Balaban J connectivity index is 2.45. The molecule has 3 N–H and O–H groups in total. The van der Waals surface area contributed by atoms with Crippen LogP contribution in [-0.4, -0.2) is 6.54 Å². The fraction of sp³-hybridized carbons (Fsp3) is 0.273. The van der Waals surface area contributed by atoms with Gasteiger partial charge in [-0.2, -0.15) is 0 Å². The van der Waals surface area contributed by atoms with Gasteiger partial charge in [0.2, 0.25) is 0 Å². The van der Waals surface area contributed by atoms with Crippen molar-refractivity contribution in [2.24, 2.45) is 5.73 Å². The van der Waals surface area contributed by atoms with Gasteiger partial charge in [0.1, 0.15) is 0 Å². The van der Waals surface area contributed by atoms with Crippen molar-refractivity contribution >= 4 is 11.6 Å². The first-order valence-corrected chi connectivity index (χ1v) is 4.97. The van der Waals surface area contributed by atoms with Gasteiger partial charge in [-0.05, 0) is 17.7 Å². The molecule has 0 bridgehead atoms. The van der Waals surface area contributed by atoms with Gasteiger partial charge < -0.3 is 11.1 Å². The average molecular weight is 209 g/mol. The van der Waals surface area contributed by atoms with Crippen molar-refractivity contribution in [1.82, 2.24) is 5.32 Å². The van der Waals surface area contributed by atoms with Crippen LogP contribution in [0.1, 0.15) is 12.5 Å². The summed E-state index contributed by atoms with van der Waals surface area (Å²) in [6.45, 7) is 2.93. The molecule has 0 spiro atoms. The second-order valence-electron chi connectivity index (χ2n) is 3.85. The van der Waals surface area contributed by atoms with Crippen LogP contribution in [0.15, 0.2) is 36.2 Å². The van der Waals surface area contributed by atoms with E-state index in [-0.39, 0.29) is 5.41 Å². The second kappa shape index (κ2) is 3.21. The number of benzene rings is 1. The van der Waals surface area contributed by atoms with Gasteiger partial charge in [-0.3, -0.25) is 0 Å². The lowest BCUT2D eigenvalue weighted by atomic mass is 9.84. The lowest BCUT2D eigenvalue weighted by molar-refractivity contribution is 0.601. The summed E-state index contributed by atoms with van der Waals surface area (Å²) in [6.07, 6.45) is 2.02. The number of nitrogens with two attached hydrogens (primary N) is 1. The zero-order valence-electron chi connectivity index (χ0n) is 8.05. The molecule has 0 amide bonds. The molecule has 0 saturated carbocycles. The summed E-state index contributed by atoms with van der Waals surface area (Å²) in [5, 5.41) is 3.91. The molecule has 0 fully saturated rings. The van der Waals surface area contributed by atoms with E-state index in [1.807, 2.05) is 30.3 Å². The van der Waals surface area contributed by atoms with E-state index >= 15 is 0 Å². The molecule has 0 unspecified atom stereocenters. The third-order valence-electron chi connectivity index (χ3n) is 2.62. The molecule has 1 aromatic rings. The number of nitrogens with one attached hydrogen (secondary N) is 1. The minimum absolute atomic E-state index is 0.0809. The Bertz CT molecular complexity index is 387. The van der Waals surface area contributed by atoms with Crippen molar-refractivity contribution < 1.29 is 0 Å². The van der Waals surface area contributed by atoms with Gasteiger partial charge in [0.25, 0.3) is 0 Å². The smallest absolute Gasteiger partial charge is 0.0928 e. The summed E-state index contributed by atoms with van der Waals surface area (Å²) in [5.74, 6) is 0.729. The fourth-order valence-electron chi connectivity index (χ4n) is 1.83. The van der Waals surface area contributed by atoms with E-state index < -0.39 is 0 Å². The molecular formula is C11H13ClN2. The van der Waals surface area contributed by atoms with E-state index in [2.05, 4.69) is 12.2 Å². The monoisotopic (exact) mass is 208 g/mol. The standard InChI is InChI=1S/C11H13ClN2/c1-11(6-10(13)14-7-11)8-4-2-3-5-9(8)12/h2-6,14H,7,13H2,1H3/t11-/m1/s1. The quantitative estimate of drug-likeness (QED) is 0.741. The summed E-state index contributed by atoms with van der Waals surface area (Å²) in [5.41, 5.74) is 6.74. The largest absolute Gasteiger partial charge is 0.386 e. The van der Waals surface area contributed by atoms with Gasteiger partial charge in [0.15, 0.2) is 0 Å². The number of halogens is 1. The summed E-state index contributed by atoms with van der Waals surface area (Å²) in [4.78, 5) is 0. The average Bonchev–Trinajstić information content (AvgIpc) is 2.48. The Kier molecular flexibility index (Phi) is 2.16. The molecular weight excluding hydrogens is 196 g/mol. The molecule has 14 heavy (non-hydrogen) atoms. The SMILES string of the molecule is C[C@@]1(c2ccccc2Cl)C=C(N)NC1. The number of hydrogen-bond donors (Lipinski definition) is 2. The molecule has 1 aliphatic heterocycles. The van der Waals surface area contributed by atoms with Crippen molar-refractivity contribution in [2.75, 3.05) is 6.54 Å². The van der Waals surface area contributed by atoms with Crippen LogP contribution in [0, 0.1) is 0 Å². The highest BCUT2D eigenvalue weighted by Gasteiger charge is 2.30. The van der Waals surface area contributed by atoms with Crippen LogP contribution in [0.4, 0.5) is 0 Å². The van der Waals surface area contributed by atoms with Gasteiger partial charge in [-0.15, -0.1) is 0 Å². The van der Waals surface area contributed by atoms with Gasteiger partial charge in [-0.1, -0.05) is 36.7 Å². The maximum absolute atomic E-state index is 6.14. The van der Waals surface area contributed by atoms with Crippen LogP contribution in [0.2, 0.25) is 5.02 Å². The summed E-state index contributed by atoms with van der Waals surface area (Å²) >= 11 is 6.14. The Morgan fingerprint density at radius 2 is 2.14 bits per heavy atom. The van der Waals surface area contributed by atoms with Crippen LogP contribution >= 0.6 is 11.6 Å².